The van der Waals surface area contributed by atoms with E-state index in [1.165, 1.54) is 36.8 Å². The van der Waals surface area contributed by atoms with Crippen molar-refractivity contribution in [2.45, 2.75) is 32.6 Å². The molecule has 1 aliphatic rings. The number of isothiocyanates is 1. The molecule has 24 heavy (non-hydrogen) atoms. The summed E-state index contributed by atoms with van der Waals surface area (Å²) in [6, 6.07) is 16.5. The molecule has 120 valence electrons. The van der Waals surface area contributed by atoms with Crippen molar-refractivity contribution in [1.82, 2.24) is 0 Å². The van der Waals surface area contributed by atoms with Gasteiger partial charge in [-0.2, -0.15) is 4.99 Å². The molecule has 2 aromatic rings. The van der Waals surface area contributed by atoms with Crippen molar-refractivity contribution in [3.05, 3.63) is 54.1 Å². The van der Waals surface area contributed by atoms with Gasteiger partial charge >= 0.3 is 0 Å². The molecule has 0 amide bonds. The monoisotopic (exact) mass is 331 g/mol. The zero-order chi connectivity index (χ0) is 16.8. The van der Waals surface area contributed by atoms with Crippen molar-refractivity contribution in [1.29, 1.82) is 0 Å². The third-order valence-corrected chi connectivity index (χ3v) is 4.79. The average molecular weight is 331 g/mol. The summed E-state index contributed by atoms with van der Waals surface area (Å²) in [6.45, 7) is 2.34. The van der Waals surface area contributed by atoms with Crippen molar-refractivity contribution in [2.24, 2.45) is 16.8 Å². The topological polar surface area (TPSA) is 12.4 Å². The lowest BCUT2D eigenvalue weighted by molar-refractivity contribution is 0.337. The molecule has 0 unspecified atom stereocenters. The third kappa shape index (κ3) is 4.42. The van der Waals surface area contributed by atoms with Crippen LogP contribution in [-0.2, 0) is 0 Å². The molecule has 0 aromatic heterocycles. The molecule has 0 bridgehead atoms. The van der Waals surface area contributed by atoms with Gasteiger partial charge in [0.05, 0.1) is 10.8 Å². The van der Waals surface area contributed by atoms with Gasteiger partial charge in [0, 0.05) is 11.5 Å². The van der Waals surface area contributed by atoms with Gasteiger partial charge in [0.1, 0.15) is 0 Å². The average Bonchev–Trinajstić information content (AvgIpc) is 2.63. The van der Waals surface area contributed by atoms with E-state index in [1.807, 2.05) is 12.1 Å². The first kappa shape index (κ1) is 16.7. The lowest BCUT2D eigenvalue weighted by Gasteiger charge is -2.21. The molecule has 0 aliphatic heterocycles. The second-order valence-corrected chi connectivity index (χ2v) is 6.74. The van der Waals surface area contributed by atoms with E-state index in [1.54, 1.807) is 0 Å². The molecule has 0 radical (unpaired) electrons. The summed E-state index contributed by atoms with van der Waals surface area (Å²) < 4.78 is 0. The summed E-state index contributed by atoms with van der Waals surface area (Å²) in [5.74, 6) is 8.27. The first-order valence-electron chi connectivity index (χ1n) is 8.54. The highest BCUT2D eigenvalue weighted by Crippen LogP contribution is 2.28. The Kier molecular flexibility index (Phi) is 5.59. The van der Waals surface area contributed by atoms with Crippen molar-refractivity contribution in [3.63, 3.8) is 0 Å². The quantitative estimate of drug-likeness (QED) is 0.359. The highest BCUT2D eigenvalue weighted by Gasteiger charge is 2.15. The molecule has 0 saturated heterocycles. The number of rotatable bonds is 2. The maximum Gasteiger partial charge on any atom is 0.0739 e. The fourth-order valence-corrected chi connectivity index (χ4v) is 3.22. The number of nitrogens with zero attached hydrogens (tertiary/aromatic N) is 1. The summed E-state index contributed by atoms with van der Waals surface area (Å²) >= 11 is 4.62. The Hall–Kier alpha value is -2.20. The lowest BCUT2D eigenvalue weighted by atomic mass is 9.83. The van der Waals surface area contributed by atoms with Crippen LogP contribution in [0.2, 0.25) is 0 Å². The molecule has 0 atom stereocenters. The Labute approximate surface area is 149 Å². The number of hydrogen-bond donors (Lipinski definition) is 0. The molecule has 0 heterocycles. The van der Waals surface area contributed by atoms with Gasteiger partial charge in [0.2, 0.25) is 0 Å². The molecule has 2 aromatic carbocycles. The van der Waals surface area contributed by atoms with Crippen LogP contribution in [-0.4, -0.2) is 5.16 Å². The van der Waals surface area contributed by atoms with Gasteiger partial charge in [-0.05, 0) is 79.2 Å². The Morgan fingerprint density at radius 1 is 0.875 bits per heavy atom. The molecular formula is C22H21NS. The Morgan fingerprint density at radius 3 is 2.04 bits per heavy atom. The first-order valence-corrected chi connectivity index (χ1v) is 8.95. The van der Waals surface area contributed by atoms with E-state index < -0.39 is 0 Å². The summed E-state index contributed by atoms with van der Waals surface area (Å²) in [7, 11) is 0. The van der Waals surface area contributed by atoms with Crippen LogP contribution in [0.5, 0.6) is 0 Å². The molecule has 1 nitrogen and oxygen atoms in total. The Bertz CT molecular complexity index is 779. The Morgan fingerprint density at radius 2 is 1.46 bits per heavy atom. The number of hydrogen-bond acceptors (Lipinski definition) is 2. The van der Waals surface area contributed by atoms with Gasteiger partial charge in [-0.25, -0.2) is 0 Å². The van der Waals surface area contributed by atoms with Crippen LogP contribution in [0.1, 0.15) is 38.2 Å². The fraction of sp³-hybridized carbons (Fsp3) is 0.318. The van der Waals surface area contributed by atoms with Crippen LogP contribution in [0.4, 0.5) is 5.69 Å². The molecule has 1 aliphatic carbocycles. The van der Waals surface area contributed by atoms with Gasteiger partial charge < -0.3 is 0 Å². The van der Waals surface area contributed by atoms with Crippen LogP contribution >= 0.6 is 12.2 Å². The normalized spacial score (nSPS) is 19.7. The standard InChI is InChI=1S/C22H21NS/c1-17-2-4-18(5-3-17)6-7-19-8-10-20(11-9-19)21-12-14-22(15-13-21)23-16-24/h8-15,17-18H,2-5H2,1H3. The minimum absolute atomic E-state index is 0.579. The van der Waals surface area contributed by atoms with E-state index in [9.17, 15) is 0 Å². The molecule has 0 spiro atoms. The summed E-state index contributed by atoms with van der Waals surface area (Å²) in [6.07, 6.45) is 5.15. The summed E-state index contributed by atoms with van der Waals surface area (Å²) in [5, 5.41) is 2.39. The van der Waals surface area contributed by atoms with Gasteiger partial charge in [0.15, 0.2) is 0 Å². The second kappa shape index (κ2) is 8.06. The smallest absolute Gasteiger partial charge is 0.0739 e. The van der Waals surface area contributed by atoms with Gasteiger partial charge in [-0.1, -0.05) is 43.0 Å². The zero-order valence-electron chi connectivity index (χ0n) is 14.0. The van der Waals surface area contributed by atoms with Crippen molar-refractivity contribution >= 4 is 23.1 Å². The van der Waals surface area contributed by atoms with Crippen LogP contribution < -0.4 is 0 Å². The number of benzene rings is 2. The van der Waals surface area contributed by atoms with Crippen LogP contribution in [0, 0.1) is 23.7 Å². The van der Waals surface area contributed by atoms with E-state index in [2.05, 4.69) is 77.5 Å². The maximum absolute atomic E-state index is 4.62. The molecular weight excluding hydrogens is 310 g/mol. The van der Waals surface area contributed by atoms with E-state index >= 15 is 0 Å². The third-order valence-electron chi connectivity index (χ3n) is 4.70. The van der Waals surface area contributed by atoms with E-state index in [0.29, 0.717) is 5.92 Å². The van der Waals surface area contributed by atoms with Crippen molar-refractivity contribution < 1.29 is 0 Å². The number of thiocarbonyl (C=S) groups is 1. The van der Waals surface area contributed by atoms with Crippen LogP contribution in [0.15, 0.2) is 53.5 Å². The van der Waals surface area contributed by atoms with Crippen molar-refractivity contribution in [3.8, 4) is 23.0 Å². The van der Waals surface area contributed by atoms with Gasteiger partial charge in [0.25, 0.3) is 0 Å². The molecule has 1 fully saturated rings. The molecule has 1 saturated carbocycles. The number of aliphatic imine (C=N–C) groups is 1. The van der Waals surface area contributed by atoms with E-state index in [4.69, 9.17) is 0 Å². The maximum atomic E-state index is 4.62. The molecule has 2 heteroatoms. The summed E-state index contributed by atoms with van der Waals surface area (Å²) in [4.78, 5) is 3.98. The zero-order valence-corrected chi connectivity index (χ0v) is 14.8. The SMILES string of the molecule is CC1CCC(C#Cc2ccc(-c3ccc(N=C=S)cc3)cc2)CC1. The fourth-order valence-electron chi connectivity index (χ4n) is 3.12. The largest absolute Gasteiger partial charge is 0.195 e. The first-order chi connectivity index (χ1) is 11.7. The highest BCUT2D eigenvalue weighted by molar-refractivity contribution is 7.78. The minimum Gasteiger partial charge on any atom is -0.195 e. The molecule has 0 N–H and O–H groups in total. The van der Waals surface area contributed by atoms with Crippen molar-refractivity contribution in [2.75, 3.05) is 0 Å². The predicted molar refractivity (Wildman–Crippen MR) is 105 cm³/mol. The summed E-state index contributed by atoms with van der Waals surface area (Å²) in [5.41, 5.74) is 4.28. The molecule has 3 rings (SSSR count). The predicted octanol–water partition coefficient (Wildman–Crippen LogP) is 6.27. The van der Waals surface area contributed by atoms with Crippen LogP contribution in [0.25, 0.3) is 11.1 Å². The van der Waals surface area contributed by atoms with Crippen LogP contribution in [0.3, 0.4) is 0 Å². The second-order valence-electron chi connectivity index (χ2n) is 6.55. The van der Waals surface area contributed by atoms with Gasteiger partial charge in [-0.15, -0.1) is 0 Å². The lowest BCUT2D eigenvalue weighted by Crippen LogP contribution is -2.10. The Balaban J connectivity index is 1.68. The van der Waals surface area contributed by atoms with E-state index in [0.717, 1.165) is 17.2 Å². The van der Waals surface area contributed by atoms with Gasteiger partial charge in [-0.3, -0.25) is 0 Å². The van der Waals surface area contributed by atoms with E-state index in [-0.39, 0.29) is 0 Å². The minimum atomic E-state index is 0.579. The highest BCUT2D eigenvalue weighted by atomic mass is 32.1.